The summed E-state index contributed by atoms with van der Waals surface area (Å²) in [5.74, 6) is 3.08. The minimum atomic E-state index is 0.594. The van der Waals surface area contributed by atoms with Crippen LogP contribution in [0.3, 0.4) is 0 Å². The second kappa shape index (κ2) is 6.54. The van der Waals surface area contributed by atoms with Gasteiger partial charge in [-0.1, -0.05) is 0 Å². The molecule has 0 N–H and O–H groups in total. The molecule has 2 aliphatic heterocycles. The molecule has 0 spiro atoms. The fraction of sp³-hybridized carbons (Fsp3) is 0.625. The molecule has 2 aliphatic rings. The number of rotatable bonds is 5. The molecule has 5 nitrogen and oxygen atoms in total. The zero-order valence-corrected chi connectivity index (χ0v) is 12.8. The van der Waals surface area contributed by atoms with E-state index in [1.54, 1.807) is 7.11 Å². The predicted molar refractivity (Wildman–Crippen MR) is 79.2 cm³/mol. The van der Waals surface area contributed by atoms with Gasteiger partial charge in [0.05, 0.1) is 13.7 Å². The van der Waals surface area contributed by atoms with E-state index in [0.717, 1.165) is 55.5 Å². The third-order valence-corrected chi connectivity index (χ3v) is 3.98. The van der Waals surface area contributed by atoms with Crippen LogP contribution in [0.2, 0.25) is 0 Å². The number of nitrogens with zero attached hydrogens (tertiary/aromatic N) is 1. The minimum Gasteiger partial charge on any atom is -0.496 e. The van der Waals surface area contributed by atoms with Crippen molar-refractivity contribution in [2.45, 2.75) is 13.0 Å². The Kier molecular flexibility index (Phi) is 4.51. The molecule has 0 amide bonds. The molecule has 1 saturated heterocycles. The first-order valence-corrected chi connectivity index (χ1v) is 7.49. The van der Waals surface area contributed by atoms with Crippen LogP contribution in [-0.2, 0) is 11.3 Å². The lowest BCUT2D eigenvalue weighted by Crippen LogP contribution is -2.26. The Labute approximate surface area is 125 Å². The topological polar surface area (TPSA) is 40.2 Å². The van der Waals surface area contributed by atoms with Gasteiger partial charge in [-0.25, -0.2) is 0 Å². The zero-order chi connectivity index (χ0) is 14.7. The van der Waals surface area contributed by atoms with Gasteiger partial charge in [-0.3, -0.25) is 0 Å². The summed E-state index contributed by atoms with van der Waals surface area (Å²) in [6.45, 7) is 4.84. The summed E-state index contributed by atoms with van der Waals surface area (Å²) < 4.78 is 22.2. The van der Waals surface area contributed by atoms with E-state index in [9.17, 15) is 0 Å². The van der Waals surface area contributed by atoms with Gasteiger partial charge in [0.15, 0.2) is 11.5 Å². The highest BCUT2D eigenvalue weighted by atomic mass is 16.6. The quantitative estimate of drug-likeness (QED) is 0.829. The molecule has 0 bridgehead atoms. The van der Waals surface area contributed by atoms with Gasteiger partial charge in [-0.15, -0.1) is 0 Å². The van der Waals surface area contributed by atoms with Crippen molar-refractivity contribution >= 4 is 0 Å². The molecule has 5 heteroatoms. The van der Waals surface area contributed by atoms with E-state index in [4.69, 9.17) is 18.9 Å². The Morgan fingerprint density at radius 1 is 1.19 bits per heavy atom. The fourth-order valence-electron chi connectivity index (χ4n) is 2.95. The molecule has 0 aromatic heterocycles. The third-order valence-electron chi connectivity index (χ3n) is 3.98. The first-order chi connectivity index (χ1) is 10.3. The molecule has 1 atom stereocenters. The number of methoxy groups -OCH3 is 1. The van der Waals surface area contributed by atoms with Crippen LogP contribution in [0.25, 0.3) is 0 Å². The van der Waals surface area contributed by atoms with E-state index in [-0.39, 0.29) is 0 Å². The molecule has 21 heavy (non-hydrogen) atoms. The zero-order valence-electron chi connectivity index (χ0n) is 12.8. The van der Waals surface area contributed by atoms with Gasteiger partial charge in [-0.2, -0.15) is 0 Å². The van der Waals surface area contributed by atoms with Crippen molar-refractivity contribution < 1.29 is 18.9 Å². The van der Waals surface area contributed by atoms with Gasteiger partial charge in [0.2, 0.25) is 0 Å². The number of hydrogen-bond donors (Lipinski definition) is 0. The van der Waals surface area contributed by atoms with Gasteiger partial charge in [0.1, 0.15) is 19.0 Å². The van der Waals surface area contributed by atoms with E-state index in [0.29, 0.717) is 19.1 Å². The van der Waals surface area contributed by atoms with Gasteiger partial charge >= 0.3 is 0 Å². The molecule has 0 saturated carbocycles. The normalized spacial score (nSPS) is 20.8. The molecular weight excluding hydrogens is 270 g/mol. The number of benzene rings is 1. The van der Waals surface area contributed by atoms with Crippen molar-refractivity contribution in [2.24, 2.45) is 5.92 Å². The average Bonchev–Trinajstić information content (AvgIpc) is 2.99. The number of ether oxygens (including phenoxy) is 4. The Morgan fingerprint density at radius 3 is 2.62 bits per heavy atom. The molecule has 1 fully saturated rings. The lowest BCUT2D eigenvalue weighted by atomic mass is 10.1. The SMILES string of the molecule is COc1cc2c(cc1CN(C)C[C@H]1CCOC1)OCCO2. The second-order valence-electron chi connectivity index (χ2n) is 5.73. The molecule has 0 aliphatic carbocycles. The molecular formula is C16H23NO4. The lowest BCUT2D eigenvalue weighted by molar-refractivity contribution is 0.168. The highest BCUT2D eigenvalue weighted by molar-refractivity contribution is 5.51. The van der Waals surface area contributed by atoms with Crippen LogP contribution in [0.5, 0.6) is 17.2 Å². The number of fused-ring (bicyclic) bond motifs is 1. The summed E-state index contributed by atoms with van der Waals surface area (Å²) in [4.78, 5) is 2.31. The highest BCUT2D eigenvalue weighted by Crippen LogP contribution is 2.37. The lowest BCUT2D eigenvalue weighted by Gasteiger charge is -2.24. The van der Waals surface area contributed by atoms with Crippen molar-refractivity contribution in [2.75, 3.05) is 47.1 Å². The molecule has 1 aromatic rings. The van der Waals surface area contributed by atoms with Crippen molar-refractivity contribution in [1.29, 1.82) is 0 Å². The molecule has 1 aromatic carbocycles. The third kappa shape index (κ3) is 3.41. The van der Waals surface area contributed by atoms with E-state index in [1.807, 2.05) is 12.1 Å². The average molecular weight is 293 g/mol. The Balaban J connectivity index is 1.70. The maximum Gasteiger partial charge on any atom is 0.165 e. The maximum absolute atomic E-state index is 5.66. The molecule has 3 rings (SSSR count). The van der Waals surface area contributed by atoms with Gasteiger partial charge < -0.3 is 23.8 Å². The second-order valence-corrected chi connectivity index (χ2v) is 5.73. The van der Waals surface area contributed by atoms with Gasteiger partial charge in [0, 0.05) is 31.3 Å². The summed E-state index contributed by atoms with van der Waals surface area (Å²) in [6, 6.07) is 3.96. The standard InChI is InChI=1S/C16H23NO4/c1-17(9-12-3-4-19-11-12)10-13-7-15-16(8-14(13)18-2)21-6-5-20-15/h7-8,12H,3-6,9-11H2,1-2H3/t12-/m1/s1. The van der Waals surface area contributed by atoms with E-state index in [2.05, 4.69) is 11.9 Å². The summed E-state index contributed by atoms with van der Waals surface area (Å²) in [7, 11) is 3.83. The molecule has 0 unspecified atom stereocenters. The summed E-state index contributed by atoms with van der Waals surface area (Å²) in [5.41, 5.74) is 1.13. The van der Waals surface area contributed by atoms with Crippen LogP contribution >= 0.6 is 0 Å². The highest BCUT2D eigenvalue weighted by Gasteiger charge is 2.20. The Morgan fingerprint density at radius 2 is 1.95 bits per heavy atom. The van der Waals surface area contributed by atoms with Gasteiger partial charge in [0.25, 0.3) is 0 Å². The molecule has 2 heterocycles. The molecule has 116 valence electrons. The molecule has 0 radical (unpaired) electrons. The van der Waals surface area contributed by atoms with Gasteiger partial charge in [-0.05, 0) is 25.5 Å². The van der Waals surface area contributed by atoms with Crippen LogP contribution in [0.1, 0.15) is 12.0 Å². The smallest absolute Gasteiger partial charge is 0.165 e. The van der Waals surface area contributed by atoms with Crippen molar-refractivity contribution in [3.63, 3.8) is 0 Å². The Hall–Kier alpha value is -1.46. The van der Waals surface area contributed by atoms with Crippen LogP contribution in [0.15, 0.2) is 12.1 Å². The summed E-state index contributed by atoms with van der Waals surface area (Å²) >= 11 is 0. The maximum atomic E-state index is 5.66. The Bertz CT molecular complexity index is 485. The van der Waals surface area contributed by atoms with Crippen molar-refractivity contribution in [1.82, 2.24) is 4.90 Å². The van der Waals surface area contributed by atoms with Crippen LogP contribution in [0, 0.1) is 5.92 Å². The van der Waals surface area contributed by atoms with Crippen LogP contribution in [0.4, 0.5) is 0 Å². The van der Waals surface area contributed by atoms with E-state index in [1.165, 1.54) is 0 Å². The van der Waals surface area contributed by atoms with E-state index >= 15 is 0 Å². The number of hydrogen-bond acceptors (Lipinski definition) is 5. The van der Waals surface area contributed by atoms with E-state index < -0.39 is 0 Å². The van der Waals surface area contributed by atoms with Crippen molar-refractivity contribution in [3.8, 4) is 17.2 Å². The predicted octanol–water partition coefficient (Wildman–Crippen LogP) is 1.93. The summed E-state index contributed by atoms with van der Waals surface area (Å²) in [6.07, 6.45) is 1.16. The first-order valence-electron chi connectivity index (χ1n) is 7.49. The fourth-order valence-corrected chi connectivity index (χ4v) is 2.95. The summed E-state index contributed by atoms with van der Waals surface area (Å²) in [5, 5.41) is 0. The largest absolute Gasteiger partial charge is 0.496 e. The van der Waals surface area contributed by atoms with Crippen LogP contribution in [-0.4, -0.2) is 52.0 Å². The monoisotopic (exact) mass is 293 g/mol. The minimum absolute atomic E-state index is 0.594. The van der Waals surface area contributed by atoms with Crippen LogP contribution < -0.4 is 14.2 Å². The van der Waals surface area contributed by atoms with Crippen molar-refractivity contribution in [3.05, 3.63) is 17.7 Å². The first kappa shape index (κ1) is 14.5.